The lowest BCUT2D eigenvalue weighted by atomic mass is 10.2. The summed E-state index contributed by atoms with van der Waals surface area (Å²) in [6.45, 7) is 3.08. The zero-order valence-electron chi connectivity index (χ0n) is 14.7. The maximum absolute atomic E-state index is 12.8. The van der Waals surface area contributed by atoms with Gasteiger partial charge in [-0.1, -0.05) is 22.0 Å². The Morgan fingerprint density at radius 2 is 1.93 bits per heavy atom. The van der Waals surface area contributed by atoms with Gasteiger partial charge in [-0.2, -0.15) is 5.10 Å². The van der Waals surface area contributed by atoms with Gasteiger partial charge in [0.05, 0.1) is 24.6 Å². The van der Waals surface area contributed by atoms with Crippen LogP contribution >= 0.6 is 15.9 Å². The Morgan fingerprint density at radius 1 is 1.11 bits per heavy atom. The zero-order chi connectivity index (χ0) is 18.8. The number of nitrogens with zero attached hydrogens (tertiary/aromatic N) is 2. The van der Waals surface area contributed by atoms with E-state index >= 15 is 0 Å². The summed E-state index contributed by atoms with van der Waals surface area (Å²) in [7, 11) is 0. The van der Waals surface area contributed by atoms with E-state index in [-0.39, 0.29) is 5.91 Å². The summed E-state index contributed by atoms with van der Waals surface area (Å²) in [5.41, 5.74) is 2.16. The van der Waals surface area contributed by atoms with Crippen molar-refractivity contribution in [2.75, 3.05) is 18.5 Å². The van der Waals surface area contributed by atoms with Gasteiger partial charge in [0, 0.05) is 22.5 Å². The van der Waals surface area contributed by atoms with Crippen molar-refractivity contribution >= 4 is 27.7 Å². The number of aryl methyl sites for hydroxylation is 1. The van der Waals surface area contributed by atoms with Crippen LogP contribution in [-0.4, -0.2) is 28.9 Å². The molecule has 4 rings (SSSR count). The molecular weight excluding hydrogens is 410 g/mol. The average molecular weight is 428 g/mol. The first kappa shape index (κ1) is 17.6. The third kappa shape index (κ3) is 3.83. The van der Waals surface area contributed by atoms with Gasteiger partial charge in [0.25, 0.3) is 5.91 Å². The molecule has 1 aliphatic rings. The molecule has 0 bridgehead atoms. The van der Waals surface area contributed by atoms with Gasteiger partial charge >= 0.3 is 0 Å². The van der Waals surface area contributed by atoms with E-state index in [2.05, 4.69) is 26.3 Å². The fourth-order valence-electron chi connectivity index (χ4n) is 2.89. The molecule has 2 aromatic carbocycles. The Labute approximate surface area is 165 Å². The summed E-state index contributed by atoms with van der Waals surface area (Å²) < 4.78 is 13.9. The van der Waals surface area contributed by atoms with Gasteiger partial charge in [-0.15, -0.1) is 0 Å². The van der Waals surface area contributed by atoms with Crippen molar-refractivity contribution in [2.45, 2.75) is 13.3 Å². The normalized spacial score (nSPS) is 13.1. The van der Waals surface area contributed by atoms with E-state index in [9.17, 15) is 4.79 Å². The largest absolute Gasteiger partial charge is 0.490 e. The van der Waals surface area contributed by atoms with Gasteiger partial charge in [-0.25, -0.2) is 4.68 Å². The summed E-state index contributed by atoms with van der Waals surface area (Å²) in [5.74, 6) is 1.63. The zero-order valence-corrected chi connectivity index (χ0v) is 16.3. The number of fused-ring (bicyclic) bond motifs is 1. The molecule has 1 amide bonds. The second-order valence-electron chi connectivity index (χ2n) is 6.23. The third-order valence-electron chi connectivity index (χ3n) is 4.14. The van der Waals surface area contributed by atoms with E-state index in [0.29, 0.717) is 36.1 Å². The molecule has 27 heavy (non-hydrogen) atoms. The fraction of sp³-hybridized carbons (Fsp3) is 0.200. The number of halogens is 1. The standard InChI is InChI=1S/C20H18BrN3O3/c1-13-10-19(24(23-13)16-5-2-4-15(21)12-16)22-20(25)14-6-7-17-18(11-14)27-9-3-8-26-17/h2,4-7,10-12H,3,8-9H2,1H3,(H,22,25). The van der Waals surface area contributed by atoms with Crippen molar-refractivity contribution in [1.82, 2.24) is 9.78 Å². The summed E-state index contributed by atoms with van der Waals surface area (Å²) in [4.78, 5) is 12.8. The first-order chi connectivity index (χ1) is 13.1. The lowest BCUT2D eigenvalue weighted by Crippen LogP contribution is -2.15. The number of hydrogen-bond acceptors (Lipinski definition) is 4. The minimum absolute atomic E-state index is 0.234. The van der Waals surface area contributed by atoms with E-state index in [0.717, 1.165) is 22.3 Å². The Kier molecular flexibility index (Phi) is 4.85. The van der Waals surface area contributed by atoms with Crippen molar-refractivity contribution < 1.29 is 14.3 Å². The van der Waals surface area contributed by atoms with Crippen LogP contribution < -0.4 is 14.8 Å². The highest BCUT2D eigenvalue weighted by Crippen LogP contribution is 2.31. The number of rotatable bonds is 3. The molecule has 2 heterocycles. The van der Waals surface area contributed by atoms with Crippen LogP contribution in [0, 0.1) is 6.92 Å². The quantitative estimate of drug-likeness (QED) is 0.674. The number of anilines is 1. The van der Waals surface area contributed by atoms with Crippen molar-refractivity contribution in [3.8, 4) is 17.2 Å². The van der Waals surface area contributed by atoms with Crippen LogP contribution in [0.25, 0.3) is 5.69 Å². The second kappa shape index (κ2) is 7.44. The minimum atomic E-state index is -0.234. The Hall–Kier alpha value is -2.80. The van der Waals surface area contributed by atoms with Crippen molar-refractivity contribution in [2.24, 2.45) is 0 Å². The summed E-state index contributed by atoms with van der Waals surface area (Å²) in [6.07, 6.45) is 0.821. The monoisotopic (exact) mass is 427 g/mol. The van der Waals surface area contributed by atoms with Gasteiger partial charge in [-0.05, 0) is 43.3 Å². The molecule has 6 nitrogen and oxygen atoms in total. The molecule has 1 aromatic heterocycles. The van der Waals surface area contributed by atoms with Gasteiger partial charge in [0.2, 0.25) is 0 Å². The number of benzene rings is 2. The second-order valence-corrected chi connectivity index (χ2v) is 7.14. The lowest BCUT2D eigenvalue weighted by molar-refractivity contribution is 0.102. The van der Waals surface area contributed by atoms with Crippen LogP contribution in [0.15, 0.2) is 53.0 Å². The predicted molar refractivity (Wildman–Crippen MR) is 106 cm³/mol. The maximum Gasteiger partial charge on any atom is 0.256 e. The average Bonchev–Trinajstić information content (AvgIpc) is 2.87. The Bertz CT molecular complexity index is 1000. The molecule has 0 unspecified atom stereocenters. The summed E-state index contributed by atoms with van der Waals surface area (Å²) in [6, 6.07) is 14.8. The Balaban J connectivity index is 1.61. The van der Waals surface area contributed by atoms with Crippen LogP contribution in [0.5, 0.6) is 11.5 Å². The van der Waals surface area contributed by atoms with Crippen molar-refractivity contribution in [3.05, 3.63) is 64.3 Å². The molecule has 0 radical (unpaired) electrons. The summed E-state index contributed by atoms with van der Waals surface area (Å²) >= 11 is 3.47. The highest BCUT2D eigenvalue weighted by atomic mass is 79.9. The van der Waals surface area contributed by atoms with Crippen LogP contribution in [0.1, 0.15) is 22.5 Å². The SMILES string of the molecule is Cc1cc(NC(=O)c2ccc3c(c2)OCCCO3)n(-c2cccc(Br)c2)n1. The highest BCUT2D eigenvalue weighted by molar-refractivity contribution is 9.10. The van der Waals surface area contributed by atoms with Gasteiger partial charge in [0.1, 0.15) is 5.82 Å². The topological polar surface area (TPSA) is 65.4 Å². The van der Waals surface area contributed by atoms with E-state index < -0.39 is 0 Å². The van der Waals surface area contributed by atoms with E-state index in [4.69, 9.17) is 9.47 Å². The number of nitrogens with one attached hydrogen (secondary N) is 1. The number of amides is 1. The smallest absolute Gasteiger partial charge is 0.256 e. The molecule has 0 fully saturated rings. The first-order valence-electron chi connectivity index (χ1n) is 8.64. The van der Waals surface area contributed by atoms with Gasteiger partial charge in [0.15, 0.2) is 11.5 Å². The number of carbonyl (C=O) groups is 1. The minimum Gasteiger partial charge on any atom is -0.490 e. The van der Waals surface area contributed by atoms with Crippen LogP contribution in [0.2, 0.25) is 0 Å². The molecule has 0 spiro atoms. The summed E-state index contributed by atoms with van der Waals surface area (Å²) in [5, 5.41) is 7.43. The van der Waals surface area contributed by atoms with Crippen molar-refractivity contribution in [1.29, 1.82) is 0 Å². The lowest BCUT2D eigenvalue weighted by Gasteiger charge is -2.11. The van der Waals surface area contributed by atoms with Crippen molar-refractivity contribution in [3.63, 3.8) is 0 Å². The number of aromatic nitrogens is 2. The predicted octanol–water partition coefficient (Wildman–Crippen LogP) is 4.36. The highest BCUT2D eigenvalue weighted by Gasteiger charge is 2.16. The molecule has 138 valence electrons. The van der Waals surface area contributed by atoms with E-state index in [1.807, 2.05) is 37.3 Å². The van der Waals surface area contributed by atoms with Crippen LogP contribution in [0.3, 0.4) is 0 Å². The fourth-order valence-corrected chi connectivity index (χ4v) is 3.27. The van der Waals surface area contributed by atoms with E-state index in [1.165, 1.54) is 0 Å². The molecule has 0 saturated carbocycles. The Morgan fingerprint density at radius 3 is 2.74 bits per heavy atom. The third-order valence-corrected chi connectivity index (χ3v) is 4.63. The number of ether oxygens (including phenoxy) is 2. The molecule has 0 aliphatic carbocycles. The van der Waals surface area contributed by atoms with Crippen LogP contribution in [0.4, 0.5) is 5.82 Å². The van der Waals surface area contributed by atoms with Gasteiger partial charge in [-0.3, -0.25) is 4.79 Å². The molecule has 1 N–H and O–H groups in total. The van der Waals surface area contributed by atoms with Crippen LogP contribution in [-0.2, 0) is 0 Å². The number of hydrogen-bond donors (Lipinski definition) is 1. The number of carbonyl (C=O) groups excluding carboxylic acids is 1. The molecule has 3 aromatic rings. The first-order valence-corrected chi connectivity index (χ1v) is 9.43. The van der Waals surface area contributed by atoms with Gasteiger partial charge < -0.3 is 14.8 Å². The van der Waals surface area contributed by atoms with E-state index in [1.54, 1.807) is 22.9 Å². The molecule has 7 heteroatoms. The molecule has 0 saturated heterocycles. The molecule has 0 atom stereocenters. The molecule has 1 aliphatic heterocycles. The maximum atomic E-state index is 12.8. The molecular formula is C20H18BrN3O3.